The summed E-state index contributed by atoms with van der Waals surface area (Å²) in [6.07, 6.45) is -0.402. The number of hydrogen-bond donors (Lipinski definition) is 4. The van der Waals surface area contributed by atoms with Gasteiger partial charge in [-0.3, -0.25) is 9.88 Å². The number of aliphatic hydroxyl groups is 1. The molecule has 0 atom stereocenters. The summed E-state index contributed by atoms with van der Waals surface area (Å²) in [6.45, 7) is 3.15. The van der Waals surface area contributed by atoms with E-state index in [0.717, 1.165) is 0 Å². The summed E-state index contributed by atoms with van der Waals surface area (Å²) < 4.78 is 10.3. The zero-order valence-electron chi connectivity index (χ0n) is 6.61. The van der Waals surface area contributed by atoms with Crippen molar-refractivity contribution in [2.24, 2.45) is 0 Å². The van der Waals surface area contributed by atoms with E-state index >= 15 is 0 Å². The molecule has 0 aliphatic carbocycles. The molecule has 0 aliphatic rings. The minimum atomic E-state index is -4.00. The topological polar surface area (TPSA) is 89.8 Å². The van der Waals surface area contributed by atoms with Crippen molar-refractivity contribution in [2.75, 3.05) is 12.9 Å². The second-order valence-corrected chi connectivity index (χ2v) is 4.69. The molecule has 0 aromatic heterocycles. The van der Waals surface area contributed by atoms with Gasteiger partial charge in [-0.15, -0.1) is 0 Å². The van der Waals surface area contributed by atoms with Crippen molar-refractivity contribution in [1.82, 2.24) is 5.32 Å². The smallest absolute Gasteiger partial charge is 0.339 e. The second-order valence-electron chi connectivity index (χ2n) is 3.04. The standard InChI is InChI=1S/C5H14NO4P/c1-5(2,3-7)6-4-11(8,9)10/h6-7H,3-4H2,1-2H3,(H2,8,9,10). The molecule has 68 valence electrons. The fraction of sp³-hybridized carbons (Fsp3) is 1.00. The van der Waals surface area contributed by atoms with E-state index in [9.17, 15) is 4.57 Å². The van der Waals surface area contributed by atoms with Gasteiger partial charge in [-0.1, -0.05) is 0 Å². The highest BCUT2D eigenvalue weighted by molar-refractivity contribution is 7.51. The van der Waals surface area contributed by atoms with E-state index in [0.29, 0.717) is 0 Å². The summed E-state index contributed by atoms with van der Waals surface area (Å²) in [5.74, 6) is 0. The molecule has 0 aromatic carbocycles. The van der Waals surface area contributed by atoms with Gasteiger partial charge in [0.05, 0.1) is 12.9 Å². The van der Waals surface area contributed by atoms with Crippen LogP contribution in [0.4, 0.5) is 0 Å². The van der Waals surface area contributed by atoms with Crippen LogP contribution in [0.25, 0.3) is 0 Å². The lowest BCUT2D eigenvalue weighted by atomic mass is 10.1. The van der Waals surface area contributed by atoms with Gasteiger partial charge in [-0.2, -0.15) is 0 Å². The molecule has 0 fully saturated rings. The molecule has 6 heteroatoms. The molecule has 0 bridgehead atoms. The zero-order valence-corrected chi connectivity index (χ0v) is 7.51. The molecule has 0 aliphatic heterocycles. The van der Waals surface area contributed by atoms with Crippen molar-refractivity contribution in [3.05, 3.63) is 0 Å². The normalized spacial score (nSPS) is 13.5. The van der Waals surface area contributed by atoms with Crippen LogP contribution in [-0.4, -0.2) is 33.3 Å². The maximum atomic E-state index is 10.3. The molecule has 0 aromatic rings. The Kier molecular flexibility index (Phi) is 3.67. The lowest BCUT2D eigenvalue weighted by Crippen LogP contribution is -2.42. The third kappa shape index (κ3) is 6.47. The van der Waals surface area contributed by atoms with Gasteiger partial charge < -0.3 is 14.9 Å². The van der Waals surface area contributed by atoms with E-state index < -0.39 is 19.4 Å². The van der Waals surface area contributed by atoms with Crippen molar-refractivity contribution in [3.8, 4) is 0 Å². The molecule has 4 N–H and O–H groups in total. The van der Waals surface area contributed by atoms with Crippen LogP contribution >= 0.6 is 7.60 Å². The van der Waals surface area contributed by atoms with E-state index in [1.165, 1.54) is 0 Å². The first kappa shape index (κ1) is 11.1. The molecule has 0 saturated carbocycles. The van der Waals surface area contributed by atoms with Gasteiger partial charge in [0.2, 0.25) is 0 Å². The van der Waals surface area contributed by atoms with E-state index in [2.05, 4.69) is 5.32 Å². The first-order valence-corrected chi connectivity index (χ1v) is 4.97. The molecule has 0 amide bonds. The largest absolute Gasteiger partial charge is 0.394 e. The second kappa shape index (κ2) is 3.65. The molecule has 0 saturated heterocycles. The number of nitrogens with one attached hydrogen (secondary N) is 1. The van der Waals surface area contributed by atoms with Crippen molar-refractivity contribution < 1.29 is 19.5 Å². The average molecular weight is 183 g/mol. The van der Waals surface area contributed by atoms with Gasteiger partial charge in [0, 0.05) is 5.54 Å². The Morgan fingerprint density at radius 2 is 1.91 bits per heavy atom. The molecule has 0 spiro atoms. The predicted molar refractivity (Wildman–Crippen MR) is 41.2 cm³/mol. The van der Waals surface area contributed by atoms with Gasteiger partial charge in [0.15, 0.2) is 0 Å². The molecular weight excluding hydrogens is 169 g/mol. The Morgan fingerprint density at radius 1 is 1.45 bits per heavy atom. The van der Waals surface area contributed by atoms with Crippen LogP contribution in [0.15, 0.2) is 0 Å². The minimum Gasteiger partial charge on any atom is -0.394 e. The van der Waals surface area contributed by atoms with E-state index in [1.807, 2.05) is 0 Å². The Bertz CT molecular complexity index is 164. The third-order valence-corrected chi connectivity index (χ3v) is 1.73. The summed E-state index contributed by atoms with van der Waals surface area (Å²) in [5.41, 5.74) is -0.638. The Hall–Kier alpha value is 0.0700. The highest BCUT2D eigenvalue weighted by Crippen LogP contribution is 2.32. The fourth-order valence-electron chi connectivity index (χ4n) is 0.373. The first-order chi connectivity index (χ1) is 4.77. The molecule has 11 heavy (non-hydrogen) atoms. The molecule has 5 nitrogen and oxygen atoms in total. The van der Waals surface area contributed by atoms with Crippen molar-refractivity contribution in [1.29, 1.82) is 0 Å². The lowest BCUT2D eigenvalue weighted by Gasteiger charge is -2.23. The van der Waals surface area contributed by atoms with Gasteiger partial charge in [0.25, 0.3) is 0 Å². The lowest BCUT2D eigenvalue weighted by molar-refractivity contribution is 0.192. The predicted octanol–water partition coefficient (Wildman–Crippen LogP) is -0.518. The molecule has 0 radical (unpaired) electrons. The van der Waals surface area contributed by atoms with Crippen LogP contribution in [0.3, 0.4) is 0 Å². The maximum Gasteiger partial charge on any atom is 0.339 e. The average Bonchev–Trinajstić information content (AvgIpc) is 1.83. The number of hydrogen-bond acceptors (Lipinski definition) is 3. The van der Waals surface area contributed by atoms with Crippen LogP contribution in [-0.2, 0) is 4.57 Å². The monoisotopic (exact) mass is 183 g/mol. The fourth-order valence-corrected chi connectivity index (χ4v) is 1.01. The summed E-state index contributed by atoms with van der Waals surface area (Å²) in [4.78, 5) is 16.9. The minimum absolute atomic E-state index is 0.160. The zero-order chi connectivity index (χ0) is 9.12. The third-order valence-electron chi connectivity index (χ3n) is 1.16. The van der Waals surface area contributed by atoms with E-state index in [1.54, 1.807) is 13.8 Å². The van der Waals surface area contributed by atoms with Crippen LogP contribution in [0.1, 0.15) is 13.8 Å². The Labute approximate surface area is 65.6 Å². The highest BCUT2D eigenvalue weighted by atomic mass is 31.2. The Balaban J connectivity index is 3.80. The van der Waals surface area contributed by atoms with Crippen LogP contribution in [0.2, 0.25) is 0 Å². The Morgan fingerprint density at radius 3 is 2.18 bits per heavy atom. The summed E-state index contributed by atoms with van der Waals surface area (Å²) in [7, 11) is -4.00. The molecule has 0 heterocycles. The van der Waals surface area contributed by atoms with Crippen molar-refractivity contribution in [2.45, 2.75) is 19.4 Å². The van der Waals surface area contributed by atoms with Gasteiger partial charge in [-0.05, 0) is 13.8 Å². The van der Waals surface area contributed by atoms with E-state index in [4.69, 9.17) is 14.9 Å². The van der Waals surface area contributed by atoms with Crippen molar-refractivity contribution in [3.63, 3.8) is 0 Å². The molecular formula is C5H14NO4P. The van der Waals surface area contributed by atoms with Gasteiger partial charge in [-0.25, -0.2) is 0 Å². The van der Waals surface area contributed by atoms with Crippen molar-refractivity contribution >= 4 is 7.60 Å². The quantitative estimate of drug-likeness (QED) is 0.440. The van der Waals surface area contributed by atoms with Crippen LogP contribution < -0.4 is 5.32 Å². The first-order valence-electron chi connectivity index (χ1n) is 3.17. The van der Waals surface area contributed by atoms with Gasteiger partial charge >= 0.3 is 7.60 Å². The van der Waals surface area contributed by atoms with Crippen LogP contribution in [0.5, 0.6) is 0 Å². The number of rotatable bonds is 4. The maximum absolute atomic E-state index is 10.3. The summed E-state index contributed by atoms with van der Waals surface area (Å²) >= 11 is 0. The van der Waals surface area contributed by atoms with Crippen LogP contribution in [0, 0.1) is 0 Å². The highest BCUT2D eigenvalue weighted by Gasteiger charge is 2.20. The molecule has 0 unspecified atom stereocenters. The van der Waals surface area contributed by atoms with E-state index in [-0.39, 0.29) is 6.61 Å². The molecule has 0 rings (SSSR count). The summed E-state index contributed by atoms with van der Waals surface area (Å²) in [6, 6.07) is 0. The summed E-state index contributed by atoms with van der Waals surface area (Å²) in [5, 5.41) is 11.2. The van der Waals surface area contributed by atoms with Gasteiger partial charge in [0.1, 0.15) is 0 Å². The SMILES string of the molecule is CC(C)(CO)NCP(=O)(O)O. The number of aliphatic hydroxyl groups excluding tert-OH is 1.